The van der Waals surface area contributed by atoms with Crippen molar-refractivity contribution in [1.29, 1.82) is 0 Å². The van der Waals surface area contributed by atoms with Crippen LogP contribution in [0.3, 0.4) is 0 Å². The molecule has 4 rings (SSSR count). The number of benzene rings is 3. The Morgan fingerprint density at radius 1 is 0.800 bits per heavy atom. The van der Waals surface area contributed by atoms with E-state index in [9.17, 15) is 13.6 Å². The average Bonchev–Trinajstić information content (AvgIpc) is 2.75. The molecule has 2 N–H and O–H groups in total. The monoisotopic (exact) mass is 402 g/mol. The van der Waals surface area contributed by atoms with E-state index in [1.165, 1.54) is 30.3 Å². The Balaban J connectivity index is 1.51. The van der Waals surface area contributed by atoms with Crippen molar-refractivity contribution < 1.29 is 13.6 Å². The standard InChI is InChI=1S/C23H16F2N4O/c24-17-9-7-15(8-10-17)22-26-12-11-21(29-22)27-19-5-1-3-16(13-19)23(30)28-20-6-2-4-18(25)14-20/h1-14H,(H,28,30)(H,26,27,29). The summed E-state index contributed by atoms with van der Waals surface area (Å²) in [4.78, 5) is 21.1. The van der Waals surface area contributed by atoms with Gasteiger partial charge in [0, 0.05) is 28.7 Å². The molecule has 1 heterocycles. The Morgan fingerprint density at radius 2 is 1.57 bits per heavy atom. The van der Waals surface area contributed by atoms with Gasteiger partial charge in [-0.3, -0.25) is 4.79 Å². The summed E-state index contributed by atoms with van der Waals surface area (Å²) in [6.45, 7) is 0. The molecule has 7 heteroatoms. The van der Waals surface area contributed by atoms with Gasteiger partial charge in [-0.05, 0) is 66.7 Å². The van der Waals surface area contributed by atoms with E-state index in [0.717, 1.165) is 0 Å². The smallest absolute Gasteiger partial charge is 0.255 e. The topological polar surface area (TPSA) is 66.9 Å². The predicted molar refractivity (Wildman–Crippen MR) is 112 cm³/mol. The molecule has 0 aliphatic carbocycles. The van der Waals surface area contributed by atoms with Crippen LogP contribution in [0.5, 0.6) is 0 Å². The van der Waals surface area contributed by atoms with Crippen LogP contribution < -0.4 is 10.6 Å². The SMILES string of the molecule is O=C(Nc1cccc(F)c1)c1cccc(Nc2ccnc(-c3ccc(F)cc3)n2)c1. The minimum Gasteiger partial charge on any atom is -0.340 e. The number of hydrogen-bond donors (Lipinski definition) is 2. The van der Waals surface area contributed by atoms with E-state index in [1.54, 1.807) is 54.7 Å². The Kier molecular flexibility index (Phi) is 5.43. The van der Waals surface area contributed by atoms with Gasteiger partial charge in [0.25, 0.3) is 5.91 Å². The van der Waals surface area contributed by atoms with Gasteiger partial charge in [0.1, 0.15) is 17.5 Å². The van der Waals surface area contributed by atoms with Crippen LogP contribution in [-0.4, -0.2) is 15.9 Å². The van der Waals surface area contributed by atoms with Gasteiger partial charge in [0.05, 0.1) is 0 Å². The summed E-state index contributed by atoms with van der Waals surface area (Å²) in [5, 5.41) is 5.79. The van der Waals surface area contributed by atoms with E-state index in [-0.39, 0.29) is 11.7 Å². The van der Waals surface area contributed by atoms with Crippen LogP contribution in [0.1, 0.15) is 10.4 Å². The maximum atomic E-state index is 13.3. The van der Waals surface area contributed by atoms with Gasteiger partial charge in [0.15, 0.2) is 5.82 Å². The molecule has 0 radical (unpaired) electrons. The minimum atomic E-state index is -0.427. The quantitative estimate of drug-likeness (QED) is 0.468. The fraction of sp³-hybridized carbons (Fsp3) is 0. The molecule has 0 atom stereocenters. The molecule has 0 saturated heterocycles. The van der Waals surface area contributed by atoms with E-state index in [4.69, 9.17) is 0 Å². The summed E-state index contributed by atoms with van der Waals surface area (Å²) in [6.07, 6.45) is 1.59. The first kappa shape index (κ1) is 19.2. The number of carbonyl (C=O) groups is 1. The van der Waals surface area contributed by atoms with Crippen LogP contribution in [0, 0.1) is 11.6 Å². The van der Waals surface area contributed by atoms with Crippen molar-refractivity contribution in [1.82, 2.24) is 9.97 Å². The molecule has 5 nitrogen and oxygen atoms in total. The molecule has 0 fully saturated rings. The third-order valence-electron chi connectivity index (χ3n) is 4.24. The molecule has 0 aliphatic rings. The zero-order chi connectivity index (χ0) is 20.9. The van der Waals surface area contributed by atoms with E-state index in [2.05, 4.69) is 20.6 Å². The lowest BCUT2D eigenvalue weighted by Gasteiger charge is -2.10. The second-order valence-electron chi connectivity index (χ2n) is 6.44. The minimum absolute atomic E-state index is 0.332. The van der Waals surface area contributed by atoms with Crippen LogP contribution in [0.15, 0.2) is 85.1 Å². The Bertz CT molecular complexity index is 1200. The number of hydrogen-bond acceptors (Lipinski definition) is 4. The number of nitrogens with zero attached hydrogens (tertiary/aromatic N) is 2. The molecule has 0 bridgehead atoms. The Labute approximate surface area is 171 Å². The highest BCUT2D eigenvalue weighted by atomic mass is 19.1. The normalized spacial score (nSPS) is 10.5. The van der Waals surface area contributed by atoms with Gasteiger partial charge >= 0.3 is 0 Å². The number of carbonyl (C=O) groups excluding carboxylic acids is 1. The first-order chi connectivity index (χ1) is 14.6. The van der Waals surface area contributed by atoms with Crippen molar-refractivity contribution in [2.24, 2.45) is 0 Å². The van der Waals surface area contributed by atoms with Gasteiger partial charge in [-0.15, -0.1) is 0 Å². The van der Waals surface area contributed by atoms with Gasteiger partial charge in [-0.25, -0.2) is 18.7 Å². The highest BCUT2D eigenvalue weighted by Gasteiger charge is 2.09. The molecule has 0 spiro atoms. The average molecular weight is 402 g/mol. The fourth-order valence-corrected chi connectivity index (χ4v) is 2.82. The molecular weight excluding hydrogens is 386 g/mol. The van der Waals surface area contributed by atoms with Crippen molar-refractivity contribution in [2.45, 2.75) is 0 Å². The van der Waals surface area contributed by atoms with Crippen molar-refractivity contribution in [3.05, 3.63) is 102 Å². The van der Waals surface area contributed by atoms with Crippen molar-refractivity contribution in [3.63, 3.8) is 0 Å². The van der Waals surface area contributed by atoms with Crippen molar-refractivity contribution >= 4 is 23.1 Å². The van der Waals surface area contributed by atoms with Crippen molar-refractivity contribution in [3.8, 4) is 11.4 Å². The zero-order valence-electron chi connectivity index (χ0n) is 15.6. The number of amides is 1. The number of nitrogens with one attached hydrogen (secondary N) is 2. The summed E-state index contributed by atoms with van der Waals surface area (Å²) in [5.74, 6) is -0.156. The molecule has 1 amide bonds. The van der Waals surface area contributed by atoms with E-state index in [0.29, 0.717) is 34.1 Å². The lowest BCUT2D eigenvalue weighted by atomic mass is 10.1. The molecule has 4 aromatic rings. The first-order valence-electron chi connectivity index (χ1n) is 9.10. The van der Waals surface area contributed by atoms with Gasteiger partial charge in [-0.1, -0.05) is 12.1 Å². The van der Waals surface area contributed by atoms with Crippen LogP contribution in [-0.2, 0) is 0 Å². The molecule has 0 aliphatic heterocycles. The third-order valence-corrected chi connectivity index (χ3v) is 4.24. The number of halogens is 2. The Morgan fingerprint density at radius 3 is 2.37 bits per heavy atom. The van der Waals surface area contributed by atoms with E-state index in [1.807, 2.05) is 0 Å². The number of aromatic nitrogens is 2. The maximum Gasteiger partial charge on any atom is 0.255 e. The number of rotatable bonds is 5. The predicted octanol–water partition coefficient (Wildman–Crippen LogP) is 5.42. The molecule has 30 heavy (non-hydrogen) atoms. The van der Waals surface area contributed by atoms with Gasteiger partial charge in [-0.2, -0.15) is 0 Å². The summed E-state index contributed by atoms with van der Waals surface area (Å²) < 4.78 is 26.4. The fourth-order valence-electron chi connectivity index (χ4n) is 2.82. The second kappa shape index (κ2) is 8.48. The molecule has 1 aromatic heterocycles. The number of anilines is 3. The third kappa shape index (κ3) is 4.64. The summed E-state index contributed by atoms with van der Waals surface area (Å²) in [7, 11) is 0. The maximum absolute atomic E-state index is 13.3. The van der Waals surface area contributed by atoms with Crippen molar-refractivity contribution in [2.75, 3.05) is 10.6 Å². The lowest BCUT2D eigenvalue weighted by Crippen LogP contribution is -2.12. The zero-order valence-corrected chi connectivity index (χ0v) is 15.6. The van der Waals surface area contributed by atoms with Gasteiger partial charge in [0.2, 0.25) is 0 Å². The van der Waals surface area contributed by atoms with Crippen LogP contribution in [0.4, 0.5) is 26.0 Å². The molecule has 148 valence electrons. The Hall–Kier alpha value is -4.13. The largest absolute Gasteiger partial charge is 0.340 e. The second-order valence-corrected chi connectivity index (χ2v) is 6.44. The summed E-state index contributed by atoms with van der Waals surface area (Å²) in [5.41, 5.74) is 2.10. The summed E-state index contributed by atoms with van der Waals surface area (Å²) >= 11 is 0. The lowest BCUT2D eigenvalue weighted by molar-refractivity contribution is 0.102. The van der Waals surface area contributed by atoms with E-state index >= 15 is 0 Å². The highest BCUT2D eigenvalue weighted by Crippen LogP contribution is 2.21. The van der Waals surface area contributed by atoms with Crippen LogP contribution in [0.25, 0.3) is 11.4 Å². The van der Waals surface area contributed by atoms with Gasteiger partial charge < -0.3 is 10.6 Å². The highest BCUT2D eigenvalue weighted by molar-refractivity contribution is 6.04. The first-order valence-corrected chi connectivity index (χ1v) is 9.10. The van der Waals surface area contributed by atoms with Crippen LogP contribution >= 0.6 is 0 Å². The van der Waals surface area contributed by atoms with Crippen LogP contribution in [0.2, 0.25) is 0 Å². The molecular formula is C23H16F2N4O. The summed E-state index contributed by atoms with van der Waals surface area (Å²) in [6, 6.07) is 20.1. The molecule has 0 saturated carbocycles. The molecule has 3 aromatic carbocycles. The van der Waals surface area contributed by atoms with E-state index < -0.39 is 5.82 Å². The molecule has 0 unspecified atom stereocenters.